The van der Waals surface area contributed by atoms with Gasteiger partial charge in [-0.1, -0.05) is 0 Å². The zero-order valence-electron chi connectivity index (χ0n) is 8.38. The van der Waals surface area contributed by atoms with Crippen molar-refractivity contribution in [2.24, 2.45) is 5.73 Å². The minimum Gasteiger partial charge on any atom is -0.395 e. The number of aliphatic hydroxyl groups excluding tert-OH is 1. The van der Waals surface area contributed by atoms with E-state index in [4.69, 9.17) is 10.8 Å². The Bertz CT molecular complexity index is 467. The normalized spacial score (nSPS) is 11.3. The second kappa shape index (κ2) is 5.06. The van der Waals surface area contributed by atoms with Crippen LogP contribution in [0.5, 0.6) is 0 Å². The highest BCUT2D eigenvalue weighted by molar-refractivity contribution is 7.89. The maximum absolute atomic E-state index is 11.5. The molecule has 1 rings (SSSR count). The number of nitrogens with one attached hydrogen (secondary N) is 1. The Kier molecular flexibility index (Phi) is 3.99. The second-order valence-corrected chi connectivity index (χ2v) is 4.78. The number of carbonyl (C=O) groups is 1. The Balaban J connectivity index is 2.93. The molecule has 0 aliphatic carbocycles. The van der Waals surface area contributed by atoms with Gasteiger partial charge in [0.05, 0.1) is 11.5 Å². The van der Waals surface area contributed by atoms with Crippen molar-refractivity contribution in [1.29, 1.82) is 0 Å². The van der Waals surface area contributed by atoms with E-state index in [1.54, 1.807) is 0 Å². The van der Waals surface area contributed by atoms with Crippen LogP contribution in [0.1, 0.15) is 10.4 Å². The molecule has 7 heteroatoms. The fourth-order valence-electron chi connectivity index (χ4n) is 1.06. The summed E-state index contributed by atoms with van der Waals surface area (Å²) >= 11 is 0. The molecule has 1 amide bonds. The molecule has 0 saturated carbocycles. The lowest BCUT2D eigenvalue weighted by molar-refractivity contribution is 0.1000. The van der Waals surface area contributed by atoms with Gasteiger partial charge in [-0.3, -0.25) is 4.79 Å². The maximum Gasteiger partial charge on any atom is 0.248 e. The van der Waals surface area contributed by atoms with Gasteiger partial charge >= 0.3 is 0 Å². The summed E-state index contributed by atoms with van der Waals surface area (Å²) < 4.78 is 25.2. The quantitative estimate of drug-likeness (QED) is 0.620. The third-order valence-corrected chi connectivity index (χ3v) is 3.33. The first-order chi connectivity index (χ1) is 7.47. The number of sulfonamides is 1. The van der Waals surface area contributed by atoms with Gasteiger partial charge in [-0.2, -0.15) is 0 Å². The molecule has 0 atom stereocenters. The van der Waals surface area contributed by atoms with Crippen molar-refractivity contribution in [3.05, 3.63) is 29.8 Å². The van der Waals surface area contributed by atoms with Gasteiger partial charge in [0.15, 0.2) is 0 Å². The van der Waals surface area contributed by atoms with Crippen LogP contribution in [0.25, 0.3) is 0 Å². The summed E-state index contributed by atoms with van der Waals surface area (Å²) in [6.45, 7) is -0.335. The average Bonchev–Trinajstić information content (AvgIpc) is 2.26. The number of hydrogen-bond acceptors (Lipinski definition) is 4. The topological polar surface area (TPSA) is 109 Å². The highest BCUT2D eigenvalue weighted by atomic mass is 32.2. The van der Waals surface area contributed by atoms with E-state index in [0.29, 0.717) is 0 Å². The summed E-state index contributed by atoms with van der Waals surface area (Å²) in [5.74, 6) is -0.618. The molecule has 88 valence electrons. The number of amides is 1. The van der Waals surface area contributed by atoms with Crippen LogP contribution in [0.3, 0.4) is 0 Å². The summed E-state index contributed by atoms with van der Waals surface area (Å²) in [5, 5.41) is 8.51. The van der Waals surface area contributed by atoms with Crippen LogP contribution in [0, 0.1) is 0 Å². The first kappa shape index (κ1) is 12.6. The Labute approximate surface area is 93.1 Å². The van der Waals surface area contributed by atoms with Crippen LogP contribution in [0.15, 0.2) is 29.2 Å². The average molecular weight is 244 g/mol. The van der Waals surface area contributed by atoms with Crippen LogP contribution in [-0.4, -0.2) is 32.6 Å². The highest BCUT2D eigenvalue weighted by Crippen LogP contribution is 2.09. The van der Waals surface area contributed by atoms with E-state index < -0.39 is 15.9 Å². The van der Waals surface area contributed by atoms with Crippen molar-refractivity contribution in [3.8, 4) is 0 Å². The fourth-order valence-corrected chi connectivity index (χ4v) is 2.08. The van der Waals surface area contributed by atoms with Crippen molar-refractivity contribution in [1.82, 2.24) is 4.72 Å². The Hall–Kier alpha value is -1.44. The molecular weight excluding hydrogens is 232 g/mol. The van der Waals surface area contributed by atoms with Crippen LogP contribution in [0.2, 0.25) is 0 Å². The molecule has 1 aromatic rings. The van der Waals surface area contributed by atoms with Gasteiger partial charge in [0.25, 0.3) is 0 Å². The number of nitrogens with two attached hydrogens (primary N) is 1. The van der Waals surface area contributed by atoms with Crippen LogP contribution in [-0.2, 0) is 10.0 Å². The van der Waals surface area contributed by atoms with E-state index in [1.807, 2.05) is 0 Å². The molecule has 0 aliphatic rings. The molecule has 0 aromatic heterocycles. The predicted octanol–water partition coefficient (Wildman–Crippen LogP) is -0.944. The van der Waals surface area contributed by atoms with Gasteiger partial charge < -0.3 is 10.8 Å². The van der Waals surface area contributed by atoms with Gasteiger partial charge in [-0.05, 0) is 24.3 Å². The van der Waals surface area contributed by atoms with Crippen molar-refractivity contribution in [2.45, 2.75) is 4.90 Å². The molecule has 0 saturated heterocycles. The van der Waals surface area contributed by atoms with Crippen LogP contribution < -0.4 is 10.5 Å². The Morgan fingerprint density at radius 1 is 1.31 bits per heavy atom. The van der Waals surface area contributed by atoms with Gasteiger partial charge in [-0.25, -0.2) is 13.1 Å². The third kappa shape index (κ3) is 3.02. The lowest BCUT2D eigenvalue weighted by Crippen LogP contribution is -2.26. The smallest absolute Gasteiger partial charge is 0.248 e. The molecule has 0 fully saturated rings. The van der Waals surface area contributed by atoms with E-state index in [0.717, 1.165) is 0 Å². The first-order valence-electron chi connectivity index (χ1n) is 4.48. The third-order valence-electron chi connectivity index (χ3n) is 1.85. The predicted molar refractivity (Wildman–Crippen MR) is 57.2 cm³/mol. The molecule has 4 N–H and O–H groups in total. The molecular formula is C9H12N2O4S. The molecule has 6 nitrogen and oxygen atoms in total. The number of primary amides is 1. The van der Waals surface area contributed by atoms with E-state index in [2.05, 4.69) is 4.72 Å². The van der Waals surface area contributed by atoms with E-state index in [-0.39, 0.29) is 23.6 Å². The Morgan fingerprint density at radius 2 is 1.88 bits per heavy atom. The van der Waals surface area contributed by atoms with E-state index >= 15 is 0 Å². The van der Waals surface area contributed by atoms with Gasteiger partial charge in [0, 0.05) is 12.1 Å². The molecule has 0 unspecified atom stereocenters. The molecule has 16 heavy (non-hydrogen) atoms. The van der Waals surface area contributed by atoms with Gasteiger partial charge in [0.2, 0.25) is 15.9 Å². The van der Waals surface area contributed by atoms with Crippen molar-refractivity contribution >= 4 is 15.9 Å². The standard InChI is InChI=1S/C9H12N2O4S/c10-9(13)7-1-3-8(4-2-7)16(14,15)11-5-6-12/h1-4,11-12H,5-6H2,(H2,10,13). The molecule has 1 aromatic carbocycles. The first-order valence-corrected chi connectivity index (χ1v) is 5.96. The van der Waals surface area contributed by atoms with E-state index in [9.17, 15) is 13.2 Å². The lowest BCUT2D eigenvalue weighted by Gasteiger charge is -2.05. The SMILES string of the molecule is NC(=O)c1ccc(S(=O)(=O)NCCO)cc1. The number of rotatable bonds is 5. The molecule has 0 spiro atoms. The van der Waals surface area contributed by atoms with Gasteiger partial charge in [-0.15, -0.1) is 0 Å². The summed E-state index contributed by atoms with van der Waals surface area (Å²) in [5.41, 5.74) is 5.25. The van der Waals surface area contributed by atoms with E-state index in [1.165, 1.54) is 24.3 Å². The zero-order valence-corrected chi connectivity index (χ0v) is 9.20. The molecule has 0 aliphatic heterocycles. The minimum absolute atomic E-state index is 0.0194. The zero-order chi connectivity index (χ0) is 12.2. The van der Waals surface area contributed by atoms with Gasteiger partial charge in [0.1, 0.15) is 0 Å². The summed E-state index contributed by atoms with van der Waals surface area (Å²) in [4.78, 5) is 10.8. The second-order valence-electron chi connectivity index (χ2n) is 3.01. The maximum atomic E-state index is 11.5. The fraction of sp³-hybridized carbons (Fsp3) is 0.222. The molecule has 0 radical (unpaired) electrons. The molecule has 0 bridgehead atoms. The minimum atomic E-state index is -3.63. The van der Waals surface area contributed by atoms with Crippen molar-refractivity contribution in [3.63, 3.8) is 0 Å². The van der Waals surface area contributed by atoms with Crippen molar-refractivity contribution in [2.75, 3.05) is 13.2 Å². The number of aliphatic hydroxyl groups is 1. The highest BCUT2D eigenvalue weighted by Gasteiger charge is 2.13. The Morgan fingerprint density at radius 3 is 2.31 bits per heavy atom. The number of hydrogen-bond donors (Lipinski definition) is 3. The van der Waals surface area contributed by atoms with Crippen molar-refractivity contribution < 1.29 is 18.3 Å². The number of carbonyl (C=O) groups excluding carboxylic acids is 1. The molecule has 0 heterocycles. The number of benzene rings is 1. The summed E-state index contributed by atoms with van der Waals surface area (Å²) in [6, 6.07) is 5.21. The largest absolute Gasteiger partial charge is 0.395 e. The van der Waals surface area contributed by atoms with Crippen LogP contribution in [0.4, 0.5) is 0 Å². The monoisotopic (exact) mass is 244 g/mol. The van der Waals surface area contributed by atoms with Crippen LogP contribution >= 0.6 is 0 Å². The summed E-state index contributed by atoms with van der Waals surface area (Å²) in [7, 11) is -3.63. The lowest BCUT2D eigenvalue weighted by atomic mass is 10.2. The summed E-state index contributed by atoms with van der Waals surface area (Å²) in [6.07, 6.45) is 0.